The first-order chi connectivity index (χ1) is 17.8. The second kappa shape index (κ2) is 11.3. The van der Waals surface area contributed by atoms with Crippen LogP contribution < -0.4 is 5.32 Å². The maximum absolute atomic E-state index is 12.7. The van der Waals surface area contributed by atoms with Crippen molar-refractivity contribution in [2.24, 2.45) is 5.92 Å². The number of hydrogen-bond donors (Lipinski definition) is 1. The highest BCUT2D eigenvalue weighted by atomic mass is 28.4. The summed E-state index contributed by atoms with van der Waals surface area (Å²) in [6.07, 6.45) is 7.74. The monoisotopic (exact) mass is 552 g/mol. The standard InChI is InChI=1S/C28H43F3N4O2Si/c1-27(2,3)38(4,5)37-22-12-10-21(11-13-22)35-17-24(20-8-6-19(18-36)7-9-20)23-16-33-26(34-25(23)35)32-15-14-28(29,30)31/h16-22H,6-15H2,1-5H3,(H,32,33,34)/t19-,20-,21?,22?. The maximum Gasteiger partial charge on any atom is 0.390 e. The molecule has 10 heteroatoms. The molecule has 2 saturated carbocycles. The summed E-state index contributed by atoms with van der Waals surface area (Å²) in [7, 11) is -1.84. The lowest BCUT2D eigenvalue weighted by Crippen LogP contribution is -2.44. The van der Waals surface area contributed by atoms with Crippen LogP contribution in [-0.4, -0.2) is 48.0 Å². The van der Waals surface area contributed by atoms with Crippen LogP contribution in [0.15, 0.2) is 12.4 Å². The average Bonchev–Trinajstić information content (AvgIpc) is 3.22. The molecule has 2 heterocycles. The summed E-state index contributed by atoms with van der Waals surface area (Å²) in [5.74, 6) is 0.699. The summed E-state index contributed by atoms with van der Waals surface area (Å²) in [5, 5.41) is 3.91. The molecule has 0 saturated heterocycles. The van der Waals surface area contributed by atoms with Gasteiger partial charge in [-0.1, -0.05) is 20.8 Å². The molecule has 2 aromatic heterocycles. The molecule has 38 heavy (non-hydrogen) atoms. The Bertz CT molecular complexity index is 1100. The van der Waals surface area contributed by atoms with Gasteiger partial charge in [-0.15, -0.1) is 0 Å². The first kappa shape index (κ1) is 29.0. The summed E-state index contributed by atoms with van der Waals surface area (Å²) < 4.78 is 46.9. The van der Waals surface area contributed by atoms with E-state index in [0.717, 1.165) is 68.7 Å². The first-order valence-electron chi connectivity index (χ1n) is 14.1. The molecule has 0 radical (unpaired) electrons. The van der Waals surface area contributed by atoms with E-state index in [0.29, 0.717) is 5.92 Å². The first-order valence-corrected chi connectivity index (χ1v) is 17.0. The van der Waals surface area contributed by atoms with Gasteiger partial charge in [0.15, 0.2) is 8.32 Å². The lowest BCUT2D eigenvalue weighted by molar-refractivity contribution is -0.131. The van der Waals surface area contributed by atoms with Gasteiger partial charge in [0, 0.05) is 42.4 Å². The van der Waals surface area contributed by atoms with Gasteiger partial charge in [-0.3, -0.25) is 0 Å². The van der Waals surface area contributed by atoms with Gasteiger partial charge in [-0.05, 0) is 81.0 Å². The van der Waals surface area contributed by atoms with Crippen LogP contribution >= 0.6 is 0 Å². The van der Waals surface area contributed by atoms with Gasteiger partial charge in [0.1, 0.15) is 11.9 Å². The Hall–Kier alpha value is -1.94. The van der Waals surface area contributed by atoms with E-state index in [9.17, 15) is 18.0 Å². The van der Waals surface area contributed by atoms with Crippen LogP contribution in [0.2, 0.25) is 18.1 Å². The number of carbonyl (C=O) groups excluding carboxylic acids is 1. The second-order valence-electron chi connectivity index (χ2n) is 12.8. The van der Waals surface area contributed by atoms with Crippen molar-refractivity contribution in [1.29, 1.82) is 0 Å². The third-order valence-electron chi connectivity index (χ3n) is 9.00. The van der Waals surface area contributed by atoms with E-state index in [1.54, 1.807) is 6.20 Å². The summed E-state index contributed by atoms with van der Waals surface area (Å²) in [6, 6.07) is 0.259. The number of halogens is 3. The molecule has 2 fully saturated rings. The molecule has 2 aliphatic carbocycles. The van der Waals surface area contributed by atoms with Crippen molar-refractivity contribution in [2.45, 2.75) is 121 Å². The van der Waals surface area contributed by atoms with Crippen LogP contribution in [0.25, 0.3) is 11.0 Å². The summed E-state index contributed by atoms with van der Waals surface area (Å²) >= 11 is 0. The topological polar surface area (TPSA) is 69.0 Å². The molecule has 2 aromatic rings. The van der Waals surface area contributed by atoms with E-state index < -0.39 is 20.9 Å². The van der Waals surface area contributed by atoms with Gasteiger partial charge in [0.25, 0.3) is 0 Å². The summed E-state index contributed by atoms with van der Waals surface area (Å²) in [5.41, 5.74) is 1.99. The molecule has 0 bridgehead atoms. The van der Waals surface area contributed by atoms with Gasteiger partial charge in [-0.2, -0.15) is 18.2 Å². The van der Waals surface area contributed by atoms with Gasteiger partial charge in [-0.25, -0.2) is 4.98 Å². The van der Waals surface area contributed by atoms with Crippen molar-refractivity contribution in [3.63, 3.8) is 0 Å². The van der Waals surface area contributed by atoms with E-state index in [2.05, 4.69) is 54.9 Å². The van der Waals surface area contributed by atoms with Crippen LogP contribution in [0.4, 0.5) is 19.1 Å². The number of nitrogens with one attached hydrogen (secondary N) is 1. The van der Waals surface area contributed by atoms with Crippen molar-refractivity contribution >= 4 is 31.6 Å². The Morgan fingerprint density at radius 2 is 1.74 bits per heavy atom. The molecular formula is C28H43F3N4O2Si. The Balaban J connectivity index is 1.55. The molecule has 4 rings (SSSR count). The maximum atomic E-state index is 12.7. The molecular weight excluding hydrogens is 509 g/mol. The van der Waals surface area contributed by atoms with E-state index >= 15 is 0 Å². The minimum absolute atomic E-state index is 0.136. The number of rotatable bonds is 8. The highest BCUT2D eigenvalue weighted by Crippen LogP contribution is 2.43. The lowest BCUT2D eigenvalue weighted by atomic mass is 9.79. The fourth-order valence-corrected chi connectivity index (χ4v) is 7.08. The minimum atomic E-state index is -4.23. The molecule has 0 aliphatic heterocycles. The second-order valence-corrected chi connectivity index (χ2v) is 17.5. The van der Waals surface area contributed by atoms with E-state index in [4.69, 9.17) is 9.41 Å². The largest absolute Gasteiger partial charge is 0.414 e. The SMILES string of the molecule is CC(C)(C)[Si](C)(C)OC1CCC(n2cc([C@H]3CC[C@H](C=O)CC3)c3cnc(NCCC(F)(F)F)nc32)CC1. The van der Waals surface area contributed by atoms with Crippen molar-refractivity contribution in [3.05, 3.63) is 18.0 Å². The zero-order valence-electron chi connectivity index (χ0n) is 23.4. The van der Waals surface area contributed by atoms with Crippen LogP contribution in [0.3, 0.4) is 0 Å². The molecule has 2 aliphatic rings. The van der Waals surface area contributed by atoms with E-state index in [1.165, 1.54) is 5.56 Å². The number of anilines is 1. The van der Waals surface area contributed by atoms with Gasteiger partial charge >= 0.3 is 6.18 Å². The van der Waals surface area contributed by atoms with Crippen LogP contribution in [0.1, 0.15) is 96.1 Å². The van der Waals surface area contributed by atoms with Gasteiger partial charge in [0.05, 0.1) is 6.42 Å². The van der Waals surface area contributed by atoms with E-state index in [-0.39, 0.29) is 35.6 Å². The molecule has 212 valence electrons. The van der Waals surface area contributed by atoms with E-state index in [1.807, 2.05) is 0 Å². The molecule has 0 aromatic carbocycles. The van der Waals surface area contributed by atoms with Gasteiger partial charge in [0.2, 0.25) is 5.95 Å². The smallest absolute Gasteiger partial charge is 0.390 e. The number of alkyl halides is 3. The third kappa shape index (κ3) is 6.79. The minimum Gasteiger partial charge on any atom is -0.414 e. The summed E-state index contributed by atoms with van der Waals surface area (Å²) in [4.78, 5) is 20.4. The molecule has 0 atom stereocenters. The molecule has 0 unspecified atom stereocenters. The Morgan fingerprint density at radius 1 is 1.08 bits per heavy atom. The molecule has 0 spiro atoms. The predicted octanol–water partition coefficient (Wildman–Crippen LogP) is 7.77. The number of aromatic nitrogens is 3. The molecule has 0 amide bonds. The van der Waals surface area contributed by atoms with Crippen LogP contribution in [0, 0.1) is 5.92 Å². The van der Waals surface area contributed by atoms with Crippen molar-refractivity contribution in [1.82, 2.24) is 14.5 Å². The van der Waals surface area contributed by atoms with Crippen LogP contribution in [0.5, 0.6) is 0 Å². The zero-order valence-corrected chi connectivity index (χ0v) is 24.4. The van der Waals surface area contributed by atoms with Gasteiger partial charge < -0.3 is 19.1 Å². The molecule has 6 nitrogen and oxygen atoms in total. The fourth-order valence-electron chi connectivity index (χ4n) is 5.66. The Kier molecular flexibility index (Phi) is 8.62. The lowest BCUT2D eigenvalue weighted by Gasteiger charge is -2.41. The van der Waals surface area contributed by atoms with Crippen molar-refractivity contribution in [3.8, 4) is 0 Å². The number of carbonyl (C=O) groups is 1. The Labute approximate surface area is 225 Å². The highest BCUT2D eigenvalue weighted by molar-refractivity contribution is 6.74. The quantitative estimate of drug-likeness (QED) is 0.268. The number of aldehydes is 1. The highest BCUT2D eigenvalue weighted by Gasteiger charge is 2.40. The Morgan fingerprint density at radius 3 is 2.32 bits per heavy atom. The van der Waals surface area contributed by atoms with Crippen molar-refractivity contribution < 1.29 is 22.4 Å². The third-order valence-corrected chi connectivity index (χ3v) is 13.5. The van der Waals surface area contributed by atoms with Crippen molar-refractivity contribution in [2.75, 3.05) is 11.9 Å². The summed E-state index contributed by atoms with van der Waals surface area (Å²) in [6.45, 7) is 11.1. The fraction of sp³-hybridized carbons (Fsp3) is 0.750. The average molecular weight is 553 g/mol. The number of fused-ring (bicyclic) bond motifs is 1. The predicted molar refractivity (Wildman–Crippen MR) is 147 cm³/mol. The number of hydrogen-bond acceptors (Lipinski definition) is 5. The molecule has 1 N–H and O–H groups in total. The normalized spacial score (nSPS) is 25.5. The van der Waals surface area contributed by atoms with Crippen LogP contribution in [-0.2, 0) is 9.22 Å². The zero-order chi connectivity index (χ0) is 27.7. The number of nitrogens with zero attached hydrogens (tertiary/aromatic N) is 3.